The zero-order chi connectivity index (χ0) is 16.2. The van der Waals surface area contributed by atoms with Crippen molar-refractivity contribution in [3.05, 3.63) is 59.1 Å². The number of rotatable bonds is 5. The monoisotopic (exact) mass is 325 g/mol. The van der Waals surface area contributed by atoms with Gasteiger partial charge in [0, 0.05) is 0 Å². The molecule has 0 bridgehead atoms. The van der Waals surface area contributed by atoms with Crippen molar-refractivity contribution in [3.8, 4) is 5.75 Å². The molecule has 0 saturated carbocycles. The number of benzene rings is 2. The van der Waals surface area contributed by atoms with Crippen LogP contribution in [0.3, 0.4) is 0 Å². The minimum absolute atomic E-state index is 0.0724. The van der Waals surface area contributed by atoms with Gasteiger partial charge in [0.2, 0.25) is 0 Å². The van der Waals surface area contributed by atoms with E-state index in [-0.39, 0.29) is 6.42 Å². The van der Waals surface area contributed by atoms with Crippen LogP contribution in [0.5, 0.6) is 5.75 Å². The third kappa shape index (κ3) is 3.57. The molecule has 0 atom stereocenters. The van der Waals surface area contributed by atoms with Crippen molar-refractivity contribution in [1.82, 2.24) is 4.98 Å². The van der Waals surface area contributed by atoms with Crippen LogP contribution in [0.4, 0.5) is 0 Å². The average Bonchev–Trinajstić information content (AvgIpc) is 2.98. The van der Waals surface area contributed by atoms with Crippen molar-refractivity contribution in [3.63, 3.8) is 0 Å². The van der Waals surface area contributed by atoms with E-state index in [1.54, 1.807) is 7.11 Å². The van der Waals surface area contributed by atoms with Crippen LogP contribution in [0.2, 0.25) is 0 Å². The first-order valence-electron chi connectivity index (χ1n) is 7.08. The fourth-order valence-corrected chi connectivity index (χ4v) is 3.27. The number of ether oxygens (including phenoxy) is 1. The van der Waals surface area contributed by atoms with Gasteiger partial charge in [-0.05, 0) is 41.5 Å². The van der Waals surface area contributed by atoms with E-state index in [9.17, 15) is 9.90 Å². The molecular weight excluding hydrogens is 310 g/mol. The van der Waals surface area contributed by atoms with Crippen LogP contribution in [-0.2, 0) is 4.79 Å². The summed E-state index contributed by atoms with van der Waals surface area (Å²) in [5.41, 5.74) is 2.46. The van der Waals surface area contributed by atoms with Gasteiger partial charge in [0.15, 0.2) is 0 Å². The standard InChI is InChI=1S/C18H15NO3S/c1-22-14-6-4-5-12(10-14)9-13(11-17(20)21)18-19-15-7-2-3-8-16(15)23-18/h2-10H,11H2,1H3,(H,20,21)/b13-9+. The van der Waals surface area contributed by atoms with Crippen molar-refractivity contribution >= 4 is 39.2 Å². The van der Waals surface area contributed by atoms with Gasteiger partial charge in [-0.3, -0.25) is 4.79 Å². The molecule has 116 valence electrons. The van der Waals surface area contributed by atoms with Gasteiger partial charge in [-0.25, -0.2) is 4.98 Å². The molecule has 4 nitrogen and oxygen atoms in total. The lowest BCUT2D eigenvalue weighted by atomic mass is 10.1. The fraction of sp³-hybridized carbons (Fsp3) is 0.111. The molecular formula is C18H15NO3S. The molecule has 3 aromatic rings. The van der Waals surface area contributed by atoms with Crippen LogP contribution >= 0.6 is 11.3 Å². The minimum atomic E-state index is -0.876. The zero-order valence-electron chi connectivity index (χ0n) is 12.5. The SMILES string of the molecule is COc1cccc(/C=C(\CC(=O)O)c2nc3ccccc3s2)c1. The van der Waals surface area contributed by atoms with Gasteiger partial charge >= 0.3 is 5.97 Å². The summed E-state index contributed by atoms with van der Waals surface area (Å²) in [5.74, 6) is -0.142. The second-order valence-electron chi connectivity index (χ2n) is 5.00. The Morgan fingerprint density at radius 1 is 1.26 bits per heavy atom. The number of methoxy groups -OCH3 is 1. The molecule has 0 amide bonds. The number of thiazole rings is 1. The number of aromatic nitrogens is 1. The average molecular weight is 325 g/mol. The van der Waals surface area contributed by atoms with Gasteiger partial charge in [0.25, 0.3) is 0 Å². The van der Waals surface area contributed by atoms with Gasteiger partial charge in [0.05, 0.1) is 23.7 Å². The first-order valence-corrected chi connectivity index (χ1v) is 7.90. The van der Waals surface area contributed by atoms with E-state index in [0.29, 0.717) is 5.57 Å². The van der Waals surface area contributed by atoms with E-state index in [0.717, 1.165) is 26.5 Å². The molecule has 1 heterocycles. The van der Waals surface area contributed by atoms with Crippen molar-refractivity contribution < 1.29 is 14.6 Å². The summed E-state index contributed by atoms with van der Waals surface area (Å²) in [4.78, 5) is 15.8. The molecule has 3 rings (SSSR count). The van der Waals surface area contributed by atoms with Crippen molar-refractivity contribution in [1.29, 1.82) is 0 Å². The van der Waals surface area contributed by atoms with E-state index in [1.165, 1.54) is 11.3 Å². The van der Waals surface area contributed by atoms with Crippen LogP contribution in [0, 0.1) is 0 Å². The Morgan fingerprint density at radius 2 is 2.09 bits per heavy atom. The summed E-state index contributed by atoms with van der Waals surface area (Å²) >= 11 is 1.50. The number of aliphatic carboxylic acids is 1. The van der Waals surface area contributed by atoms with Crippen LogP contribution in [0.15, 0.2) is 48.5 Å². The summed E-state index contributed by atoms with van der Waals surface area (Å²) in [6, 6.07) is 15.3. The Balaban J connectivity index is 2.05. The Bertz CT molecular complexity index is 850. The number of hydrogen-bond acceptors (Lipinski definition) is 4. The maximum Gasteiger partial charge on any atom is 0.307 e. The van der Waals surface area contributed by atoms with Crippen molar-refractivity contribution in [2.45, 2.75) is 6.42 Å². The normalized spacial score (nSPS) is 11.6. The largest absolute Gasteiger partial charge is 0.497 e. The second-order valence-corrected chi connectivity index (χ2v) is 6.03. The van der Waals surface area contributed by atoms with Gasteiger partial charge in [0.1, 0.15) is 10.8 Å². The van der Waals surface area contributed by atoms with Gasteiger partial charge in [-0.15, -0.1) is 11.3 Å². The van der Waals surface area contributed by atoms with Gasteiger partial charge in [-0.1, -0.05) is 24.3 Å². The lowest BCUT2D eigenvalue weighted by Crippen LogP contribution is -1.97. The predicted octanol–water partition coefficient (Wildman–Crippen LogP) is 4.32. The van der Waals surface area contributed by atoms with Crippen LogP contribution in [-0.4, -0.2) is 23.2 Å². The number of carboxylic acids is 1. The summed E-state index contributed by atoms with van der Waals surface area (Å²) < 4.78 is 6.26. The molecule has 1 N–H and O–H groups in total. The molecule has 23 heavy (non-hydrogen) atoms. The first kappa shape index (κ1) is 15.2. The van der Waals surface area contributed by atoms with Crippen LogP contribution in [0.25, 0.3) is 21.9 Å². The molecule has 0 fully saturated rings. The van der Waals surface area contributed by atoms with Crippen LogP contribution in [0.1, 0.15) is 17.0 Å². The number of nitrogens with zero attached hydrogens (tertiary/aromatic N) is 1. The molecule has 0 unspecified atom stereocenters. The van der Waals surface area contributed by atoms with Gasteiger partial charge < -0.3 is 9.84 Å². The number of fused-ring (bicyclic) bond motifs is 1. The third-order valence-corrected chi connectivity index (χ3v) is 4.46. The highest BCUT2D eigenvalue weighted by Crippen LogP contribution is 2.30. The minimum Gasteiger partial charge on any atom is -0.497 e. The highest BCUT2D eigenvalue weighted by atomic mass is 32.1. The Labute approximate surface area is 137 Å². The molecule has 0 spiro atoms. The number of hydrogen-bond donors (Lipinski definition) is 1. The Hall–Kier alpha value is -2.66. The predicted molar refractivity (Wildman–Crippen MR) is 92.7 cm³/mol. The molecule has 5 heteroatoms. The first-order chi connectivity index (χ1) is 11.2. The maximum absolute atomic E-state index is 11.2. The molecule has 1 aromatic heterocycles. The molecule has 0 saturated heterocycles. The number of carbonyl (C=O) groups is 1. The number of carboxylic acid groups (broad SMARTS) is 1. The Morgan fingerprint density at radius 3 is 2.83 bits per heavy atom. The molecule has 2 aromatic carbocycles. The molecule has 0 radical (unpaired) electrons. The number of para-hydroxylation sites is 1. The summed E-state index contributed by atoms with van der Waals surface area (Å²) in [7, 11) is 1.61. The van der Waals surface area contributed by atoms with Crippen LogP contribution < -0.4 is 4.74 Å². The molecule has 0 aliphatic carbocycles. The fourth-order valence-electron chi connectivity index (χ4n) is 2.29. The van der Waals surface area contributed by atoms with E-state index in [4.69, 9.17) is 4.74 Å². The third-order valence-electron chi connectivity index (χ3n) is 3.34. The zero-order valence-corrected chi connectivity index (χ0v) is 13.3. The van der Waals surface area contributed by atoms with E-state index in [2.05, 4.69) is 4.98 Å². The van der Waals surface area contributed by atoms with Crippen molar-refractivity contribution in [2.24, 2.45) is 0 Å². The lowest BCUT2D eigenvalue weighted by Gasteiger charge is -2.04. The van der Waals surface area contributed by atoms with E-state index < -0.39 is 5.97 Å². The highest BCUT2D eigenvalue weighted by Gasteiger charge is 2.12. The molecule has 0 aliphatic heterocycles. The summed E-state index contributed by atoms with van der Waals surface area (Å²) in [6.07, 6.45) is 1.78. The maximum atomic E-state index is 11.2. The topological polar surface area (TPSA) is 59.4 Å². The van der Waals surface area contributed by atoms with Gasteiger partial charge in [-0.2, -0.15) is 0 Å². The second kappa shape index (κ2) is 6.62. The summed E-state index contributed by atoms with van der Waals surface area (Å²) in [5, 5.41) is 9.94. The molecule has 0 aliphatic rings. The lowest BCUT2D eigenvalue weighted by molar-refractivity contribution is -0.135. The summed E-state index contributed by atoms with van der Waals surface area (Å²) in [6.45, 7) is 0. The highest BCUT2D eigenvalue weighted by molar-refractivity contribution is 7.19. The van der Waals surface area contributed by atoms with E-state index in [1.807, 2.05) is 54.6 Å². The van der Waals surface area contributed by atoms with E-state index >= 15 is 0 Å². The quantitative estimate of drug-likeness (QED) is 0.759. The Kier molecular flexibility index (Phi) is 4.39. The van der Waals surface area contributed by atoms with Crippen molar-refractivity contribution in [2.75, 3.05) is 7.11 Å². The smallest absolute Gasteiger partial charge is 0.307 e.